The van der Waals surface area contributed by atoms with Gasteiger partial charge in [-0.1, -0.05) is 23.2 Å². The van der Waals surface area contributed by atoms with Crippen molar-refractivity contribution in [2.75, 3.05) is 0 Å². The van der Waals surface area contributed by atoms with E-state index >= 15 is 0 Å². The zero-order valence-corrected chi connectivity index (χ0v) is 8.77. The van der Waals surface area contributed by atoms with E-state index in [4.69, 9.17) is 39.9 Å². The van der Waals surface area contributed by atoms with Crippen LogP contribution >= 0.6 is 34.8 Å². The van der Waals surface area contributed by atoms with Crippen LogP contribution in [0.3, 0.4) is 0 Å². The van der Waals surface area contributed by atoms with E-state index in [2.05, 4.69) is 4.98 Å². The number of halogens is 3. The van der Waals surface area contributed by atoms with E-state index in [9.17, 15) is 9.59 Å². The van der Waals surface area contributed by atoms with Crippen LogP contribution in [0.15, 0.2) is 4.79 Å². The molecule has 8 heteroatoms. The van der Waals surface area contributed by atoms with Gasteiger partial charge in [0.25, 0.3) is 5.56 Å². The Morgan fingerprint density at radius 1 is 1.43 bits per heavy atom. The second kappa shape index (κ2) is 4.16. The van der Waals surface area contributed by atoms with Crippen molar-refractivity contribution in [3.05, 3.63) is 25.8 Å². The van der Waals surface area contributed by atoms with E-state index in [1.807, 2.05) is 0 Å². The van der Waals surface area contributed by atoms with Crippen molar-refractivity contribution in [3.63, 3.8) is 0 Å². The SMILES string of the molecule is O=C(O)Cn1c(Cl)nc(Cl)c(Cl)c1=O. The Hall–Kier alpha value is -0.780. The average Bonchev–Trinajstić information content (AvgIpc) is 2.09. The summed E-state index contributed by atoms with van der Waals surface area (Å²) >= 11 is 16.4. The highest BCUT2D eigenvalue weighted by molar-refractivity contribution is 6.41. The minimum absolute atomic E-state index is 0.247. The summed E-state index contributed by atoms with van der Waals surface area (Å²) in [7, 11) is 0. The lowest BCUT2D eigenvalue weighted by Gasteiger charge is -2.05. The van der Waals surface area contributed by atoms with Gasteiger partial charge in [0, 0.05) is 0 Å². The van der Waals surface area contributed by atoms with Crippen molar-refractivity contribution in [2.24, 2.45) is 0 Å². The number of carboxylic acid groups (broad SMARTS) is 1. The molecule has 5 nitrogen and oxygen atoms in total. The van der Waals surface area contributed by atoms with E-state index in [0.717, 1.165) is 0 Å². The fourth-order valence-corrected chi connectivity index (χ4v) is 1.32. The first-order chi connectivity index (χ1) is 6.43. The number of aliphatic carboxylic acids is 1. The maximum absolute atomic E-state index is 11.3. The highest BCUT2D eigenvalue weighted by Gasteiger charge is 2.14. The van der Waals surface area contributed by atoms with Gasteiger partial charge in [0.2, 0.25) is 5.28 Å². The first kappa shape index (κ1) is 11.3. The van der Waals surface area contributed by atoms with Crippen molar-refractivity contribution in [3.8, 4) is 0 Å². The van der Waals surface area contributed by atoms with Gasteiger partial charge in [-0.05, 0) is 11.6 Å². The Labute approximate surface area is 92.8 Å². The van der Waals surface area contributed by atoms with Gasteiger partial charge in [0.1, 0.15) is 11.6 Å². The Balaban J connectivity index is 3.37. The van der Waals surface area contributed by atoms with Crippen LogP contribution in [0, 0.1) is 0 Å². The molecular formula is C6H3Cl3N2O3. The molecule has 0 unspecified atom stereocenters. The maximum Gasteiger partial charge on any atom is 0.323 e. The molecule has 0 aromatic carbocycles. The standard InChI is InChI=1S/C6H3Cl3N2O3/c7-3-4(8)10-6(9)11(5(3)14)1-2(12)13/h1H2,(H,12,13). The van der Waals surface area contributed by atoms with Gasteiger partial charge >= 0.3 is 5.97 Å². The molecule has 0 fully saturated rings. The molecule has 76 valence electrons. The summed E-state index contributed by atoms with van der Waals surface area (Å²) in [4.78, 5) is 25.1. The van der Waals surface area contributed by atoms with Crippen LogP contribution in [0.25, 0.3) is 0 Å². The van der Waals surface area contributed by atoms with Gasteiger partial charge in [-0.3, -0.25) is 14.2 Å². The highest BCUT2D eigenvalue weighted by atomic mass is 35.5. The number of hydrogen-bond acceptors (Lipinski definition) is 3. The Bertz CT molecular complexity index is 443. The lowest BCUT2D eigenvalue weighted by molar-refractivity contribution is -0.137. The normalized spacial score (nSPS) is 10.2. The number of hydrogen-bond donors (Lipinski definition) is 1. The molecule has 0 spiro atoms. The minimum atomic E-state index is -1.23. The van der Waals surface area contributed by atoms with Crippen LogP contribution < -0.4 is 5.56 Å². The van der Waals surface area contributed by atoms with Gasteiger partial charge in [-0.15, -0.1) is 0 Å². The van der Waals surface area contributed by atoms with Gasteiger partial charge < -0.3 is 5.11 Å². The van der Waals surface area contributed by atoms with Crippen LogP contribution in [0.5, 0.6) is 0 Å². The van der Waals surface area contributed by atoms with Crippen LogP contribution in [0.2, 0.25) is 15.5 Å². The molecule has 0 aliphatic carbocycles. The third-order valence-corrected chi connectivity index (χ3v) is 2.32. The summed E-state index contributed by atoms with van der Waals surface area (Å²) in [6.45, 7) is -0.610. The van der Waals surface area contributed by atoms with Gasteiger partial charge in [-0.2, -0.15) is 0 Å². The van der Waals surface area contributed by atoms with Gasteiger partial charge in [-0.25, -0.2) is 4.98 Å². The molecule has 14 heavy (non-hydrogen) atoms. The van der Waals surface area contributed by atoms with Crippen molar-refractivity contribution in [1.29, 1.82) is 0 Å². The van der Waals surface area contributed by atoms with Crippen molar-refractivity contribution in [2.45, 2.75) is 6.54 Å². The van der Waals surface area contributed by atoms with Crippen molar-refractivity contribution in [1.82, 2.24) is 9.55 Å². The van der Waals surface area contributed by atoms with E-state index in [1.54, 1.807) is 0 Å². The zero-order chi connectivity index (χ0) is 10.9. The van der Waals surface area contributed by atoms with E-state index in [-0.39, 0.29) is 15.5 Å². The molecular weight excluding hydrogens is 254 g/mol. The van der Waals surface area contributed by atoms with Gasteiger partial charge in [0.05, 0.1) is 0 Å². The maximum atomic E-state index is 11.3. The summed E-state index contributed by atoms with van der Waals surface area (Å²) in [5.74, 6) is -1.23. The number of aromatic nitrogens is 2. The Kier molecular flexibility index (Phi) is 3.36. The molecule has 0 radical (unpaired) electrons. The third kappa shape index (κ3) is 2.17. The lowest BCUT2D eigenvalue weighted by Crippen LogP contribution is -2.26. The monoisotopic (exact) mass is 256 g/mol. The summed E-state index contributed by atoms with van der Waals surface area (Å²) in [6, 6.07) is 0. The van der Waals surface area contributed by atoms with Crippen LogP contribution in [0.4, 0.5) is 0 Å². The van der Waals surface area contributed by atoms with E-state index < -0.39 is 18.1 Å². The quantitative estimate of drug-likeness (QED) is 0.640. The number of nitrogens with zero attached hydrogens (tertiary/aromatic N) is 2. The summed E-state index contributed by atoms with van der Waals surface area (Å²) in [5.41, 5.74) is -0.779. The molecule has 0 saturated heterocycles. The Morgan fingerprint density at radius 3 is 2.50 bits per heavy atom. The predicted molar refractivity (Wildman–Crippen MR) is 51.2 cm³/mol. The molecule has 0 atom stereocenters. The average molecular weight is 257 g/mol. The fourth-order valence-electron chi connectivity index (χ4n) is 0.753. The molecule has 0 aliphatic heterocycles. The molecule has 0 aliphatic rings. The molecule has 0 bridgehead atoms. The molecule has 1 heterocycles. The number of rotatable bonds is 2. The minimum Gasteiger partial charge on any atom is -0.480 e. The second-order valence-corrected chi connectivity index (χ2v) is 3.34. The summed E-state index contributed by atoms with van der Waals surface area (Å²) in [5, 5.41) is 7.54. The zero-order valence-electron chi connectivity index (χ0n) is 6.50. The molecule has 1 aromatic heterocycles. The Morgan fingerprint density at radius 2 is 2.00 bits per heavy atom. The second-order valence-electron chi connectivity index (χ2n) is 2.27. The highest BCUT2D eigenvalue weighted by Crippen LogP contribution is 2.16. The molecule has 1 N–H and O–H groups in total. The van der Waals surface area contributed by atoms with E-state index in [1.165, 1.54) is 0 Å². The van der Waals surface area contributed by atoms with E-state index in [0.29, 0.717) is 4.57 Å². The predicted octanol–water partition coefficient (Wildman–Crippen LogP) is 1.29. The number of carboxylic acids is 1. The van der Waals surface area contributed by atoms with Crippen molar-refractivity contribution < 1.29 is 9.90 Å². The summed E-state index contributed by atoms with van der Waals surface area (Å²) < 4.78 is 0.706. The molecule has 1 aromatic rings. The fraction of sp³-hybridized carbons (Fsp3) is 0.167. The number of carbonyl (C=O) groups is 1. The van der Waals surface area contributed by atoms with Crippen molar-refractivity contribution >= 4 is 40.8 Å². The first-order valence-electron chi connectivity index (χ1n) is 3.26. The van der Waals surface area contributed by atoms with Gasteiger partial charge in [0.15, 0.2) is 5.15 Å². The third-order valence-electron chi connectivity index (χ3n) is 1.32. The molecule has 0 saturated carbocycles. The van der Waals surface area contributed by atoms with Crippen LogP contribution in [-0.2, 0) is 11.3 Å². The molecule has 1 rings (SSSR count). The topological polar surface area (TPSA) is 72.2 Å². The van der Waals surface area contributed by atoms with Crippen LogP contribution in [-0.4, -0.2) is 20.6 Å². The first-order valence-corrected chi connectivity index (χ1v) is 4.40. The largest absolute Gasteiger partial charge is 0.480 e. The lowest BCUT2D eigenvalue weighted by atomic mass is 10.5. The summed E-state index contributed by atoms with van der Waals surface area (Å²) in [6.07, 6.45) is 0. The molecule has 0 amide bonds. The van der Waals surface area contributed by atoms with Crippen LogP contribution in [0.1, 0.15) is 0 Å². The smallest absolute Gasteiger partial charge is 0.323 e.